The highest BCUT2D eigenvalue weighted by Crippen LogP contribution is 2.25. The quantitative estimate of drug-likeness (QED) is 0.793. The van der Waals surface area contributed by atoms with Crippen LogP contribution < -0.4 is 4.74 Å². The summed E-state index contributed by atoms with van der Waals surface area (Å²) in [6.45, 7) is 3.68. The van der Waals surface area contributed by atoms with Crippen LogP contribution in [0.2, 0.25) is 0 Å². The van der Waals surface area contributed by atoms with Gasteiger partial charge in [0.15, 0.2) is 0 Å². The van der Waals surface area contributed by atoms with Crippen LogP contribution in [0.25, 0.3) is 10.8 Å². The predicted octanol–water partition coefficient (Wildman–Crippen LogP) is 2.42. The Labute approximate surface area is 125 Å². The van der Waals surface area contributed by atoms with Crippen LogP contribution in [-0.2, 0) is 0 Å². The normalized spacial score (nSPS) is 12.3. The van der Waals surface area contributed by atoms with E-state index in [9.17, 15) is 5.11 Å². The summed E-state index contributed by atoms with van der Waals surface area (Å²) in [5.41, 5.74) is 0. The zero-order chi connectivity index (χ0) is 15.1. The molecule has 2 aromatic rings. The topological polar surface area (TPSA) is 56.5 Å². The van der Waals surface area contributed by atoms with Gasteiger partial charge in [0.05, 0.1) is 12.6 Å². The minimum absolute atomic E-state index is 0.218. The molecule has 0 aromatic heterocycles. The van der Waals surface area contributed by atoms with Gasteiger partial charge in [-0.1, -0.05) is 43.3 Å². The molecule has 1 atom stereocenters. The molecule has 0 aliphatic heterocycles. The molecule has 0 amide bonds. The highest BCUT2D eigenvalue weighted by molar-refractivity contribution is 5.88. The average molecular weight is 284 g/mol. The number of fused-ring (bicyclic) bond motifs is 1. The predicted molar refractivity (Wildman–Crippen MR) is 83.2 cm³/mol. The number of aliphatic hydroxyl groups is 1. The third-order valence-corrected chi connectivity index (χ3v) is 3.39. The summed E-state index contributed by atoms with van der Waals surface area (Å²) in [5, 5.41) is 20.9. The van der Waals surface area contributed by atoms with Crippen molar-refractivity contribution in [3.05, 3.63) is 42.5 Å². The summed E-state index contributed by atoms with van der Waals surface area (Å²) in [4.78, 5) is 1.89. The third-order valence-electron chi connectivity index (χ3n) is 3.39. The number of ether oxygens (including phenoxy) is 1. The molecule has 0 saturated heterocycles. The van der Waals surface area contributed by atoms with E-state index in [0.717, 1.165) is 23.1 Å². The van der Waals surface area contributed by atoms with E-state index in [4.69, 9.17) is 10.00 Å². The Morgan fingerprint density at radius 3 is 2.76 bits per heavy atom. The van der Waals surface area contributed by atoms with E-state index in [-0.39, 0.29) is 6.61 Å². The smallest absolute Gasteiger partial charge is 0.127 e. The van der Waals surface area contributed by atoms with E-state index in [2.05, 4.69) is 6.07 Å². The maximum absolute atomic E-state index is 10.0. The lowest BCUT2D eigenvalue weighted by Gasteiger charge is -2.21. The van der Waals surface area contributed by atoms with E-state index in [1.54, 1.807) is 0 Å². The van der Waals surface area contributed by atoms with Gasteiger partial charge in [0.2, 0.25) is 0 Å². The van der Waals surface area contributed by atoms with Gasteiger partial charge in [-0.15, -0.1) is 0 Å². The molecule has 1 unspecified atom stereocenters. The molecule has 0 aliphatic carbocycles. The lowest BCUT2D eigenvalue weighted by Crippen LogP contribution is -2.35. The number of hydrogen-bond acceptors (Lipinski definition) is 4. The fourth-order valence-electron chi connectivity index (χ4n) is 2.26. The summed E-state index contributed by atoms with van der Waals surface area (Å²) in [7, 11) is 0. The van der Waals surface area contributed by atoms with E-state index >= 15 is 0 Å². The third kappa shape index (κ3) is 4.19. The molecule has 0 radical (unpaired) electrons. The van der Waals surface area contributed by atoms with E-state index in [0.29, 0.717) is 13.1 Å². The lowest BCUT2D eigenvalue weighted by atomic mass is 10.1. The number of likely N-dealkylation sites (N-methyl/N-ethyl adjacent to an activating group) is 1. The first kappa shape index (κ1) is 15.3. The van der Waals surface area contributed by atoms with Crippen molar-refractivity contribution in [3.63, 3.8) is 0 Å². The molecule has 0 fully saturated rings. The fraction of sp³-hybridized carbons (Fsp3) is 0.353. The molecule has 1 N–H and O–H groups in total. The Morgan fingerprint density at radius 1 is 1.24 bits per heavy atom. The number of nitrogens with zero attached hydrogens (tertiary/aromatic N) is 2. The molecule has 4 nitrogen and oxygen atoms in total. The van der Waals surface area contributed by atoms with Crippen molar-refractivity contribution < 1.29 is 9.84 Å². The molecule has 0 aliphatic rings. The van der Waals surface area contributed by atoms with Crippen LogP contribution in [-0.4, -0.2) is 42.4 Å². The number of rotatable bonds is 7. The van der Waals surface area contributed by atoms with Crippen LogP contribution in [0.15, 0.2) is 42.5 Å². The Morgan fingerprint density at radius 2 is 2.00 bits per heavy atom. The van der Waals surface area contributed by atoms with Crippen LogP contribution in [0.1, 0.15) is 6.92 Å². The average Bonchev–Trinajstić information content (AvgIpc) is 2.52. The molecule has 0 spiro atoms. The second-order valence-electron chi connectivity index (χ2n) is 4.93. The van der Waals surface area contributed by atoms with Gasteiger partial charge >= 0.3 is 0 Å². The minimum atomic E-state index is -0.614. The van der Waals surface area contributed by atoms with Gasteiger partial charge in [-0.05, 0) is 18.0 Å². The van der Waals surface area contributed by atoms with Crippen molar-refractivity contribution in [3.8, 4) is 11.8 Å². The Bertz CT molecular complexity index is 616. The molecule has 2 aromatic carbocycles. The summed E-state index contributed by atoms with van der Waals surface area (Å²) in [5.74, 6) is 0.774. The summed E-state index contributed by atoms with van der Waals surface area (Å²) in [6.07, 6.45) is -0.614. The molecule has 21 heavy (non-hydrogen) atoms. The highest BCUT2D eigenvalue weighted by Gasteiger charge is 2.11. The number of nitriles is 1. The van der Waals surface area contributed by atoms with Gasteiger partial charge < -0.3 is 9.84 Å². The van der Waals surface area contributed by atoms with Crippen LogP contribution in [0, 0.1) is 11.3 Å². The molecular weight excluding hydrogens is 264 g/mol. The van der Waals surface area contributed by atoms with Crippen LogP contribution in [0.4, 0.5) is 0 Å². The van der Waals surface area contributed by atoms with Gasteiger partial charge in [-0.3, -0.25) is 4.90 Å². The van der Waals surface area contributed by atoms with Crippen molar-refractivity contribution in [2.45, 2.75) is 13.0 Å². The number of benzene rings is 2. The monoisotopic (exact) mass is 284 g/mol. The SMILES string of the molecule is CCN(CC#N)CC(O)COc1cccc2ccccc12. The molecule has 0 saturated carbocycles. The van der Waals surface area contributed by atoms with Gasteiger partial charge in [0, 0.05) is 11.9 Å². The number of aliphatic hydroxyl groups excluding tert-OH is 1. The highest BCUT2D eigenvalue weighted by atomic mass is 16.5. The van der Waals surface area contributed by atoms with Gasteiger partial charge in [-0.25, -0.2) is 0 Å². The Hall–Kier alpha value is -2.09. The molecular formula is C17H20N2O2. The maximum Gasteiger partial charge on any atom is 0.127 e. The molecule has 2 rings (SSSR count). The van der Waals surface area contributed by atoms with E-state index in [1.807, 2.05) is 54.3 Å². The van der Waals surface area contributed by atoms with Crippen LogP contribution in [0.3, 0.4) is 0 Å². The van der Waals surface area contributed by atoms with E-state index in [1.165, 1.54) is 0 Å². The second kappa shape index (κ2) is 7.63. The first-order valence-electron chi connectivity index (χ1n) is 7.12. The van der Waals surface area contributed by atoms with Crippen molar-refractivity contribution in [1.82, 2.24) is 4.90 Å². The Kier molecular flexibility index (Phi) is 5.56. The number of hydrogen-bond donors (Lipinski definition) is 1. The lowest BCUT2D eigenvalue weighted by molar-refractivity contribution is 0.0746. The largest absolute Gasteiger partial charge is 0.490 e. The summed E-state index contributed by atoms with van der Waals surface area (Å²) >= 11 is 0. The molecule has 110 valence electrons. The van der Waals surface area contributed by atoms with Gasteiger partial charge in [0.25, 0.3) is 0 Å². The Balaban J connectivity index is 1.97. The zero-order valence-electron chi connectivity index (χ0n) is 12.2. The van der Waals surface area contributed by atoms with Gasteiger partial charge in [0.1, 0.15) is 18.5 Å². The minimum Gasteiger partial charge on any atom is -0.490 e. The van der Waals surface area contributed by atoms with Crippen LogP contribution >= 0.6 is 0 Å². The van der Waals surface area contributed by atoms with E-state index < -0.39 is 6.10 Å². The van der Waals surface area contributed by atoms with Crippen molar-refractivity contribution in [2.24, 2.45) is 0 Å². The molecule has 0 heterocycles. The summed E-state index contributed by atoms with van der Waals surface area (Å²) in [6, 6.07) is 16.0. The first-order valence-corrected chi connectivity index (χ1v) is 7.12. The van der Waals surface area contributed by atoms with Gasteiger partial charge in [-0.2, -0.15) is 5.26 Å². The summed E-state index contributed by atoms with van der Waals surface area (Å²) < 4.78 is 5.75. The standard InChI is InChI=1S/C17H20N2O2/c1-2-19(11-10-18)12-15(20)13-21-17-9-5-7-14-6-3-4-8-16(14)17/h3-9,15,20H,2,11-13H2,1H3. The second-order valence-corrected chi connectivity index (χ2v) is 4.93. The van der Waals surface area contributed by atoms with Crippen LogP contribution in [0.5, 0.6) is 5.75 Å². The van der Waals surface area contributed by atoms with Crippen molar-refractivity contribution >= 4 is 10.8 Å². The zero-order valence-corrected chi connectivity index (χ0v) is 12.2. The van der Waals surface area contributed by atoms with Crippen molar-refractivity contribution in [1.29, 1.82) is 5.26 Å². The molecule has 0 bridgehead atoms. The fourth-order valence-corrected chi connectivity index (χ4v) is 2.26. The van der Waals surface area contributed by atoms with Crippen molar-refractivity contribution in [2.75, 3.05) is 26.2 Å². The molecule has 4 heteroatoms. The first-order chi connectivity index (χ1) is 10.2. The maximum atomic E-state index is 10.0.